The Bertz CT molecular complexity index is 660. The second-order valence-corrected chi connectivity index (χ2v) is 7.42. The van der Waals surface area contributed by atoms with Gasteiger partial charge in [-0.2, -0.15) is 0 Å². The first kappa shape index (κ1) is 17.6. The predicted molar refractivity (Wildman–Crippen MR) is 91.1 cm³/mol. The van der Waals surface area contributed by atoms with Crippen molar-refractivity contribution in [2.24, 2.45) is 11.8 Å². The van der Waals surface area contributed by atoms with Gasteiger partial charge in [0.2, 0.25) is 5.60 Å². The van der Waals surface area contributed by atoms with Gasteiger partial charge in [0.1, 0.15) is 0 Å². The molecular weight excluding hydrogens is 351 g/mol. The van der Waals surface area contributed by atoms with Gasteiger partial charge in [-0.25, -0.2) is 4.79 Å². The van der Waals surface area contributed by atoms with E-state index in [1.165, 1.54) is 0 Å². The minimum absolute atomic E-state index is 0.00848. The molecule has 2 saturated carbocycles. The van der Waals surface area contributed by atoms with Gasteiger partial charge in [-0.1, -0.05) is 29.3 Å². The zero-order chi connectivity index (χ0) is 17.3. The number of halogens is 2. The Hall–Kier alpha value is -1.26. The molecule has 0 heterocycles. The summed E-state index contributed by atoms with van der Waals surface area (Å²) < 4.78 is 10.9. The lowest BCUT2D eigenvalue weighted by atomic mass is 9.84. The molecule has 0 saturated heterocycles. The van der Waals surface area contributed by atoms with Crippen LogP contribution in [-0.2, 0) is 25.5 Å². The highest BCUT2D eigenvalue weighted by atomic mass is 35.5. The number of hydrogen-bond donors (Lipinski definition) is 0. The molecule has 0 aliphatic heterocycles. The molecule has 0 amide bonds. The lowest BCUT2D eigenvalue weighted by molar-refractivity contribution is -0.189. The van der Waals surface area contributed by atoms with Crippen LogP contribution in [0.5, 0.6) is 0 Å². The van der Waals surface area contributed by atoms with E-state index >= 15 is 0 Å². The van der Waals surface area contributed by atoms with E-state index in [2.05, 4.69) is 0 Å². The maximum absolute atomic E-state index is 12.5. The predicted octanol–water partition coefficient (Wildman–Crippen LogP) is 4.20. The molecule has 0 radical (unpaired) electrons. The lowest BCUT2D eigenvalue weighted by Gasteiger charge is -2.34. The largest absolute Gasteiger partial charge is 0.463 e. The first-order valence-electron chi connectivity index (χ1n) is 8.27. The van der Waals surface area contributed by atoms with Crippen LogP contribution in [-0.4, -0.2) is 24.1 Å². The fraction of sp³-hybridized carbons (Fsp3) is 0.556. The Labute approximate surface area is 151 Å². The van der Waals surface area contributed by atoms with Crippen molar-refractivity contribution in [3.05, 3.63) is 33.8 Å². The topological polar surface area (TPSA) is 52.6 Å². The van der Waals surface area contributed by atoms with E-state index in [0.717, 1.165) is 19.3 Å². The minimum Gasteiger partial charge on any atom is -0.463 e. The molecule has 0 N–H and O–H groups in total. The third kappa shape index (κ3) is 3.27. The van der Waals surface area contributed by atoms with Crippen molar-refractivity contribution < 1.29 is 19.1 Å². The van der Waals surface area contributed by atoms with Crippen LogP contribution >= 0.6 is 23.2 Å². The average Bonchev–Trinajstić information content (AvgIpc) is 3.11. The van der Waals surface area contributed by atoms with Crippen molar-refractivity contribution in [1.82, 2.24) is 0 Å². The van der Waals surface area contributed by atoms with E-state index in [-0.39, 0.29) is 18.9 Å². The molecule has 6 heteroatoms. The van der Waals surface area contributed by atoms with Gasteiger partial charge in [0, 0.05) is 22.4 Å². The number of esters is 2. The highest BCUT2D eigenvalue weighted by molar-refractivity contribution is 6.35. The number of fused-ring (bicyclic) bond motifs is 2. The Kier molecular flexibility index (Phi) is 5.07. The number of carbonyl (C=O) groups excluding carboxylic acids is 2. The maximum atomic E-state index is 12.5. The molecule has 1 aromatic carbocycles. The van der Waals surface area contributed by atoms with Crippen molar-refractivity contribution in [1.29, 1.82) is 0 Å². The summed E-state index contributed by atoms with van der Waals surface area (Å²) in [6.45, 7) is 2.03. The summed E-state index contributed by atoms with van der Waals surface area (Å²) in [7, 11) is 0. The normalized spacial score (nSPS) is 28.0. The second kappa shape index (κ2) is 6.93. The highest BCUT2D eigenvalue weighted by Crippen LogP contribution is 2.53. The molecule has 2 bridgehead atoms. The first-order chi connectivity index (χ1) is 11.4. The molecule has 2 aliphatic rings. The summed E-state index contributed by atoms with van der Waals surface area (Å²) in [6.07, 6.45) is 3.49. The highest BCUT2D eigenvalue weighted by Gasteiger charge is 2.59. The molecule has 24 heavy (non-hydrogen) atoms. The van der Waals surface area contributed by atoms with Crippen LogP contribution in [0.3, 0.4) is 0 Å². The maximum Gasteiger partial charge on any atom is 0.350 e. The van der Waals surface area contributed by atoms with Gasteiger partial charge in [0.15, 0.2) is 0 Å². The molecule has 0 aromatic heterocycles. The van der Waals surface area contributed by atoms with Crippen molar-refractivity contribution in [2.75, 3.05) is 6.61 Å². The SMILES string of the molecule is CCOC(=O)C1(OC(=O)Cc2ccc(Cl)cc2Cl)CC2CCC1C2. The van der Waals surface area contributed by atoms with Gasteiger partial charge in [-0.3, -0.25) is 4.79 Å². The number of ether oxygens (including phenoxy) is 2. The van der Waals surface area contributed by atoms with E-state index in [9.17, 15) is 9.59 Å². The van der Waals surface area contributed by atoms with Crippen LogP contribution < -0.4 is 0 Å². The van der Waals surface area contributed by atoms with Gasteiger partial charge >= 0.3 is 11.9 Å². The van der Waals surface area contributed by atoms with Crippen molar-refractivity contribution in [2.45, 2.75) is 44.6 Å². The lowest BCUT2D eigenvalue weighted by Crippen LogP contribution is -2.49. The van der Waals surface area contributed by atoms with Gasteiger partial charge in [0.05, 0.1) is 13.0 Å². The summed E-state index contributed by atoms with van der Waals surface area (Å²) in [4.78, 5) is 25.0. The fourth-order valence-corrected chi connectivity index (χ4v) is 4.48. The summed E-state index contributed by atoms with van der Waals surface area (Å²) in [5.74, 6) is -0.370. The number of hydrogen-bond acceptors (Lipinski definition) is 4. The van der Waals surface area contributed by atoms with Gasteiger partial charge < -0.3 is 9.47 Å². The second-order valence-electron chi connectivity index (χ2n) is 6.58. The van der Waals surface area contributed by atoms with Crippen LogP contribution in [0.4, 0.5) is 0 Å². The minimum atomic E-state index is -1.12. The zero-order valence-electron chi connectivity index (χ0n) is 13.5. The zero-order valence-corrected chi connectivity index (χ0v) is 15.0. The third-order valence-electron chi connectivity index (χ3n) is 5.06. The number of rotatable bonds is 5. The molecular formula is C18H20Cl2O4. The Balaban J connectivity index is 1.75. The summed E-state index contributed by atoms with van der Waals surface area (Å²) in [6, 6.07) is 4.96. The number of benzene rings is 1. The fourth-order valence-electron chi connectivity index (χ4n) is 4.01. The third-order valence-corrected chi connectivity index (χ3v) is 5.65. The van der Waals surface area contributed by atoms with Crippen LogP contribution in [0.1, 0.15) is 38.2 Å². The van der Waals surface area contributed by atoms with Gasteiger partial charge in [-0.15, -0.1) is 0 Å². The average molecular weight is 371 g/mol. The molecule has 3 atom stereocenters. The van der Waals surface area contributed by atoms with Crippen LogP contribution in [0.25, 0.3) is 0 Å². The smallest absolute Gasteiger partial charge is 0.350 e. The summed E-state index contributed by atoms with van der Waals surface area (Å²) in [5, 5.41) is 0.922. The molecule has 4 nitrogen and oxygen atoms in total. The van der Waals surface area contributed by atoms with Crippen molar-refractivity contribution in [3.8, 4) is 0 Å². The standard InChI is InChI=1S/C18H20Cl2O4/c1-2-23-17(22)18(10-11-3-5-13(18)7-11)24-16(21)8-12-4-6-14(19)9-15(12)20/h4,6,9,11,13H,2-3,5,7-8,10H2,1H3. The Morgan fingerprint density at radius 3 is 2.67 bits per heavy atom. The van der Waals surface area contributed by atoms with Gasteiger partial charge in [0.25, 0.3) is 0 Å². The monoisotopic (exact) mass is 370 g/mol. The van der Waals surface area contributed by atoms with Gasteiger partial charge in [-0.05, 0) is 49.8 Å². The van der Waals surface area contributed by atoms with Crippen LogP contribution in [0.15, 0.2) is 18.2 Å². The summed E-state index contributed by atoms with van der Waals surface area (Å²) >= 11 is 12.0. The Morgan fingerprint density at radius 2 is 2.08 bits per heavy atom. The molecule has 1 aromatic rings. The molecule has 2 aliphatic carbocycles. The van der Waals surface area contributed by atoms with E-state index < -0.39 is 17.5 Å². The molecule has 3 unspecified atom stereocenters. The van der Waals surface area contributed by atoms with Crippen LogP contribution in [0, 0.1) is 11.8 Å². The number of carbonyl (C=O) groups is 2. The molecule has 130 valence electrons. The molecule has 2 fully saturated rings. The van der Waals surface area contributed by atoms with Crippen molar-refractivity contribution >= 4 is 35.1 Å². The van der Waals surface area contributed by atoms with E-state index in [0.29, 0.717) is 27.9 Å². The quantitative estimate of drug-likeness (QED) is 0.728. The van der Waals surface area contributed by atoms with Crippen LogP contribution in [0.2, 0.25) is 10.0 Å². The summed E-state index contributed by atoms with van der Waals surface area (Å²) in [5.41, 5.74) is -0.484. The van der Waals surface area contributed by atoms with E-state index in [4.69, 9.17) is 32.7 Å². The Morgan fingerprint density at radius 1 is 1.29 bits per heavy atom. The van der Waals surface area contributed by atoms with E-state index in [1.54, 1.807) is 25.1 Å². The molecule has 3 rings (SSSR count). The molecule has 0 spiro atoms. The van der Waals surface area contributed by atoms with Crippen molar-refractivity contribution in [3.63, 3.8) is 0 Å². The first-order valence-corrected chi connectivity index (χ1v) is 9.03. The van der Waals surface area contributed by atoms with E-state index in [1.807, 2.05) is 0 Å².